The van der Waals surface area contributed by atoms with E-state index in [0.29, 0.717) is 12.8 Å². The minimum Gasteiger partial charge on any atom is -0.346 e. The highest BCUT2D eigenvalue weighted by molar-refractivity contribution is 6.35. The highest BCUT2D eigenvalue weighted by Gasteiger charge is 2.26. The van der Waals surface area contributed by atoms with Gasteiger partial charge in [-0.3, -0.25) is 24.2 Å². The largest absolute Gasteiger partial charge is 0.346 e. The van der Waals surface area contributed by atoms with Gasteiger partial charge in [0.1, 0.15) is 6.04 Å². The number of para-hydroxylation sites is 1. The smallest absolute Gasteiger partial charge is 0.311 e. The molecule has 2 aromatic carbocycles. The molecule has 0 fully saturated rings. The number of rotatable bonds is 14. The fraction of sp³-hybridized carbons (Fsp3) is 0.345. The van der Waals surface area contributed by atoms with Crippen molar-refractivity contribution < 1.29 is 19.2 Å². The minimum absolute atomic E-state index is 0.0795. The fourth-order valence-corrected chi connectivity index (χ4v) is 4.23. The van der Waals surface area contributed by atoms with Crippen LogP contribution in [-0.2, 0) is 32.0 Å². The van der Waals surface area contributed by atoms with Crippen molar-refractivity contribution in [3.05, 3.63) is 78.0 Å². The molecule has 0 radical (unpaired) electrons. The molecule has 11 heteroatoms. The van der Waals surface area contributed by atoms with Crippen LogP contribution in [0.2, 0.25) is 0 Å². The van der Waals surface area contributed by atoms with Crippen LogP contribution < -0.4 is 27.8 Å². The van der Waals surface area contributed by atoms with Crippen molar-refractivity contribution >= 4 is 34.4 Å². The van der Waals surface area contributed by atoms with Gasteiger partial charge in [-0.05, 0) is 36.1 Å². The number of nitrogens with one attached hydrogen (secondary N) is 2. The van der Waals surface area contributed by atoms with Crippen molar-refractivity contribution in [1.29, 1.82) is 0 Å². The third kappa shape index (κ3) is 8.94. The summed E-state index contributed by atoms with van der Waals surface area (Å²) in [4.78, 5) is 56.6. The lowest BCUT2D eigenvalue weighted by Crippen LogP contribution is -2.54. The molecule has 2 atom stereocenters. The molecule has 0 saturated carbocycles. The standard InChI is InChI=1S/C29H37N7O4/c30-12-14-36(15-13-31)29(40)28(39)34-19-23(32)27(38)35-25(11-10-20-6-2-1-3-7-20)26(37)17-21-16-22-8-4-5-9-24(22)33-18-21/h1-9,16,18,23,25H,10-15,17,19,30-32H2,(H,34,39)(H,35,38)/t23-,25-/m0/s1. The third-order valence-corrected chi connectivity index (χ3v) is 6.39. The lowest BCUT2D eigenvalue weighted by atomic mass is 9.97. The second kappa shape index (κ2) is 15.4. The fourth-order valence-electron chi connectivity index (χ4n) is 4.23. The summed E-state index contributed by atoms with van der Waals surface area (Å²) in [5.74, 6) is -2.52. The Labute approximate surface area is 233 Å². The number of hydrogen-bond donors (Lipinski definition) is 5. The maximum atomic E-state index is 13.4. The first-order chi connectivity index (χ1) is 19.3. The number of nitrogens with zero attached hydrogens (tertiary/aromatic N) is 2. The SMILES string of the molecule is NCCN(CCN)C(=O)C(=O)NC[C@H](N)C(=O)N[C@@H](CCc1ccccc1)C(=O)Cc1cnc2ccccc2c1. The molecule has 40 heavy (non-hydrogen) atoms. The number of ketones is 1. The Bertz CT molecular complexity index is 1300. The Morgan fingerprint density at radius 2 is 1.57 bits per heavy atom. The Hall–Kier alpha value is -4.19. The van der Waals surface area contributed by atoms with Gasteiger partial charge < -0.3 is 32.7 Å². The summed E-state index contributed by atoms with van der Waals surface area (Å²) in [5, 5.41) is 6.05. The molecule has 8 N–H and O–H groups in total. The number of fused-ring (bicyclic) bond motifs is 1. The van der Waals surface area contributed by atoms with Crippen LogP contribution in [0.5, 0.6) is 0 Å². The summed E-state index contributed by atoms with van der Waals surface area (Å²) in [7, 11) is 0. The highest BCUT2D eigenvalue weighted by Crippen LogP contribution is 2.15. The summed E-state index contributed by atoms with van der Waals surface area (Å²) in [6.07, 6.45) is 2.66. The number of aromatic nitrogens is 1. The predicted octanol–water partition coefficient (Wildman–Crippen LogP) is -0.346. The summed E-state index contributed by atoms with van der Waals surface area (Å²) < 4.78 is 0. The van der Waals surface area contributed by atoms with Crippen molar-refractivity contribution in [3.8, 4) is 0 Å². The van der Waals surface area contributed by atoms with Gasteiger partial charge in [0.15, 0.2) is 5.78 Å². The van der Waals surface area contributed by atoms with Crippen LogP contribution in [0.3, 0.4) is 0 Å². The molecule has 0 aliphatic heterocycles. The molecule has 0 aliphatic rings. The van der Waals surface area contributed by atoms with Gasteiger partial charge >= 0.3 is 11.8 Å². The number of nitrogens with two attached hydrogens (primary N) is 3. The Kier molecular flexibility index (Phi) is 11.7. The van der Waals surface area contributed by atoms with Gasteiger partial charge in [-0.2, -0.15) is 0 Å². The van der Waals surface area contributed by atoms with E-state index in [2.05, 4.69) is 15.6 Å². The van der Waals surface area contributed by atoms with Crippen LogP contribution in [0.1, 0.15) is 17.5 Å². The molecule has 1 heterocycles. The molecule has 3 aromatic rings. The zero-order valence-corrected chi connectivity index (χ0v) is 22.4. The van der Waals surface area contributed by atoms with Gasteiger partial charge in [0, 0.05) is 50.7 Å². The highest BCUT2D eigenvalue weighted by atomic mass is 16.2. The average molecular weight is 548 g/mol. The molecule has 0 spiro atoms. The number of carbonyl (C=O) groups is 4. The van der Waals surface area contributed by atoms with Crippen LogP contribution in [0.4, 0.5) is 0 Å². The molecule has 0 saturated heterocycles. The van der Waals surface area contributed by atoms with Gasteiger partial charge in [0.25, 0.3) is 0 Å². The molecule has 0 bridgehead atoms. The van der Waals surface area contributed by atoms with Gasteiger partial charge in [0.2, 0.25) is 5.91 Å². The number of benzene rings is 2. The zero-order chi connectivity index (χ0) is 28.9. The molecular formula is C29H37N7O4. The minimum atomic E-state index is -1.18. The molecule has 0 aliphatic carbocycles. The molecule has 11 nitrogen and oxygen atoms in total. The number of Topliss-reactive ketones (excluding diaryl/α,β-unsaturated/α-hetero) is 1. The number of carbonyl (C=O) groups excluding carboxylic acids is 4. The van der Waals surface area contributed by atoms with Crippen molar-refractivity contribution in [2.75, 3.05) is 32.7 Å². The molecule has 3 rings (SSSR count). The van der Waals surface area contributed by atoms with Gasteiger partial charge in [0.05, 0.1) is 11.6 Å². The van der Waals surface area contributed by atoms with Crippen LogP contribution in [-0.4, -0.2) is 78.2 Å². The second-order valence-corrected chi connectivity index (χ2v) is 9.45. The maximum Gasteiger partial charge on any atom is 0.311 e. The first-order valence-electron chi connectivity index (χ1n) is 13.3. The van der Waals surface area contributed by atoms with Crippen molar-refractivity contribution in [2.45, 2.75) is 31.3 Å². The van der Waals surface area contributed by atoms with Crippen LogP contribution >= 0.6 is 0 Å². The topological polar surface area (TPSA) is 187 Å². The summed E-state index contributed by atoms with van der Waals surface area (Å²) in [5.41, 5.74) is 19.6. The first-order valence-corrected chi connectivity index (χ1v) is 13.3. The van der Waals surface area contributed by atoms with E-state index in [1.807, 2.05) is 60.7 Å². The second-order valence-electron chi connectivity index (χ2n) is 9.45. The molecule has 0 unspecified atom stereocenters. The van der Waals surface area contributed by atoms with Gasteiger partial charge in [-0.1, -0.05) is 48.5 Å². The molecule has 1 aromatic heterocycles. The average Bonchev–Trinajstić information content (AvgIpc) is 2.97. The molecule has 212 valence electrons. The van der Waals surface area contributed by atoms with E-state index < -0.39 is 29.8 Å². The number of aryl methyl sites for hydroxylation is 1. The number of pyridine rings is 1. The quantitative estimate of drug-likeness (QED) is 0.169. The first kappa shape index (κ1) is 30.4. The zero-order valence-electron chi connectivity index (χ0n) is 22.4. The van der Waals surface area contributed by atoms with Crippen LogP contribution in [0.15, 0.2) is 66.9 Å². The monoisotopic (exact) mass is 547 g/mol. The van der Waals surface area contributed by atoms with E-state index in [-0.39, 0.29) is 44.9 Å². The molecule has 3 amide bonds. The van der Waals surface area contributed by atoms with E-state index in [1.54, 1.807) is 6.20 Å². The van der Waals surface area contributed by atoms with Crippen molar-refractivity contribution in [1.82, 2.24) is 20.5 Å². The van der Waals surface area contributed by atoms with Crippen molar-refractivity contribution in [3.63, 3.8) is 0 Å². The van der Waals surface area contributed by atoms with E-state index in [0.717, 1.165) is 22.0 Å². The maximum absolute atomic E-state index is 13.4. The molecular weight excluding hydrogens is 510 g/mol. The van der Waals surface area contributed by atoms with E-state index in [9.17, 15) is 19.2 Å². The van der Waals surface area contributed by atoms with E-state index in [1.165, 1.54) is 4.90 Å². The number of hydrogen-bond acceptors (Lipinski definition) is 8. The normalized spacial score (nSPS) is 12.4. The Morgan fingerprint density at radius 3 is 2.27 bits per heavy atom. The van der Waals surface area contributed by atoms with Gasteiger partial charge in [-0.15, -0.1) is 0 Å². The summed E-state index contributed by atoms with van der Waals surface area (Å²) >= 11 is 0. The Morgan fingerprint density at radius 1 is 0.900 bits per heavy atom. The summed E-state index contributed by atoms with van der Waals surface area (Å²) in [6, 6.07) is 17.2. The van der Waals surface area contributed by atoms with E-state index in [4.69, 9.17) is 17.2 Å². The predicted molar refractivity (Wildman–Crippen MR) is 153 cm³/mol. The van der Waals surface area contributed by atoms with Crippen LogP contribution in [0, 0.1) is 0 Å². The number of amides is 3. The lowest BCUT2D eigenvalue weighted by Gasteiger charge is -2.22. The van der Waals surface area contributed by atoms with Crippen molar-refractivity contribution in [2.24, 2.45) is 17.2 Å². The lowest BCUT2D eigenvalue weighted by molar-refractivity contribution is -0.145. The van der Waals surface area contributed by atoms with E-state index >= 15 is 0 Å². The van der Waals surface area contributed by atoms with Crippen LogP contribution in [0.25, 0.3) is 10.9 Å². The summed E-state index contributed by atoms with van der Waals surface area (Å²) in [6.45, 7) is 0.411. The third-order valence-electron chi connectivity index (χ3n) is 6.39. The van der Waals surface area contributed by atoms with Gasteiger partial charge in [-0.25, -0.2) is 0 Å². The Balaban J connectivity index is 1.64.